The first-order valence-corrected chi connectivity index (χ1v) is 7.65. The van der Waals surface area contributed by atoms with Crippen LogP contribution in [0.25, 0.3) is 0 Å². The summed E-state index contributed by atoms with van der Waals surface area (Å²) in [5.74, 6) is -2.07. The second-order valence-corrected chi connectivity index (χ2v) is 6.15. The maximum atomic E-state index is 11.7. The molecular formula is C14H24N2O6. The molecule has 2 fully saturated rings. The smallest absolute Gasteiger partial charge is 0.338 e. The van der Waals surface area contributed by atoms with Crippen molar-refractivity contribution < 1.29 is 29.3 Å². The number of ether oxygens (including phenoxy) is 2. The molecule has 6 atom stereocenters. The quantitative estimate of drug-likeness (QED) is 0.451. The van der Waals surface area contributed by atoms with Gasteiger partial charge in [0.1, 0.15) is 12.2 Å². The van der Waals surface area contributed by atoms with Gasteiger partial charge in [-0.15, -0.1) is 0 Å². The van der Waals surface area contributed by atoms with Crippen molar-refractivity contribution in [3.63, 3.8) is 0 Å². The molecule has 0 aromatic carbocycles. The molecule has 0 radical (unpaired) electrons. The van der Waals surface area contributed by atoms with E-state index in [-0.39, 0.29) is 24.3 Å². The second kappa shape index (κ2) is 7.36. The topological polar surface area (TPSA) is 145 Å². The van der Waals surface area contributed by atoms with Crippen LogP contribution in [0.15, 0.2) is 0 Å². The van der Waals surface area contributed by atoms with Crippen molar-refractivity contribution in [2.75, 3.05) is 0 Å². The zero-order valence-electron chi connectivity index (χ0n) is 12.4. The number of carbonyl (C=O) groups is 2. The van der Waals surface area contributed by atoms with E-state index in [9.17, 15) is 19.8 Å². The predicted octanol–water partition coefficient (Wildman–Crippen LogP) is -1.45. The minimum absolute atomic E-state index is 0.0311. The molecule has 0 heterocycles. The fourth-order valence-electron chi connectivity index (χ4n) is 2.89. The molecule has 126 valence electrons. The van der Waals surface area contributed by atoms with Crippen LogP contribution in [-0.4, -0.2) is 58.7 Å². The normalized spacial score (nSPS) is 34.2. The average Bonchev–Trinajstić information content (AvgIpc) is 3.05. The van der Waals surface area contributed by atoms with Gasteiger partial charge in [-0.25, -0.2) is 9.59 Å². The number of hydrogen-bond acceptors (Lipinski definition) is 8. The number of esters is 2. The van der Waals surface area contributed by atoms with E-state index in [2.05, 4.69) is 0 Å². The van der Waals surface area contributed by atoms with Crippen molar-refractivity contribution >= 4 is 11.9 Å². The van der Waals surface area contributed by atoms with Gasteiger partial charge in [-0.2, -0.15) is 0 Å². The Morgan fingerprint density at radius 3 is 1.45 bits per heavy atom. The molecule has 2 rings (SSSR count). The lowest BCUT2D eigenvalue weighted by molar-refractivity contribution is -0.178. The van der Waals surface area contributed by atoms with Crippen LogP contribution in [0, 0.1) is 0 Å². The molecule has 2 saturated carbocycles. The molecule has 0 aromatic heterocycles. The van der Waals surface area contributed by atoms with Crippen molar-refractivity contribution in [2.45, 2.75) is 75.0 Å². The van der Waals surface area contributed by atoms with Crippen molar-refractivity contribution in [3.05, 3.63) is 0 Å². The van der Waals surface area contributed by atoms with E-state index < -0.39 is 24.1 Å². The van der Waals surface area contributed by atoms with Crippen molar-refractivity contribution in [1.82, 2.24) is 0 Å². The van der Waals surface area contributed by atoms with Gasteiger partial charge in [0.25, 0.3) is 0 Å². The highest BCUT2D eigenvalue weighted by Gasteiger charge is 2.37. The van der Waals surface area contributed by atoms with E-state index in [1.165, 1.54) is 0 Å². The molecule has 0 saturated heterocycles. The van der Waals surface area contributed by atoms with Crippen LogP contribution in [-0.2, 0) is 19.1 Å². The van der Waals surface area contributed by atoms with E-state index >= 15 is 0 Å². The molecular weight excluding hydrogens is 292 g/mol. The summed E-state index contributed by atoms with van der Waals surface area (Å²) < 4.78 is 10.1. The fraction of sp³-hybridized carbons (Fsp3) is 0.857. The predicted molar refractivity (Wildman–Crippen MR) is 75.4 cm³/mol. The highest BCUT2D eigenvalue weighted by Crippen LogP contribution is 2.22. The zero-order valence-corrected chi connectivity index (χ0v) is 12.4. The lowest BCUT2D eigenvalue weighted by atomic mass is 10.2. The van der Waals surface area contributed by atoms with Crippen LogP contribution >= 0.6 is 0 Å². The number of carbonyl (C=O) groups excluding carboxylic acids is 2. The summed E-state index contributed by atoms with van der Waals surface area (Å²) in [5.41, 5.74) is 11.4. The second-order valence-electron chi connectivity index (χ2n) is 6.15. The van der Waals surface area contributed by atoms with Gasteiger partial charge in [-0.05, 0) is 38.5 Å². The first-order valence-electron chi connectivity index (χ1n) is 7.65. The molecule has 0 bridgehead atoms. The number of hydrogen-bond donors (Lipinski definition) is 4. The molecule has 6 N–H and O–H groups in total. The largest absolute Gasteiger partial charge is 0.460 e. The number of aliphatic hydroxyl groups is 2. The van der Waals surface area contributed by atoms with Crippen molar-refractivity contribution in [3.8, 4) is 0 Å². The third-order valence-corrected chi connectivity index (χ3v) is 4.20. The summed E-state index contributed by atoms with van der Waals surface area (Å²) in [6, 6.07) is -0.0622. The van der Waals surface area contributed by atoms with Gasteiger partial charge in [-0.3, -0.25) is 0 Å². The molecule has 0 aromatic rings. The van der Waals surface area contributed by atoms with Gasteiger partial charge in [0.2, 0.25) is 0 Å². The Morgan fingerprint density at radius 1 is 0.818 bits per heavy atom. The number of aliphatic hydroxyl groups excluding tert-OH is 2. The lowest BCUT2D eigenvalue weighted by Crippen LogP contribution is -2.43. The number of rotatable bonds is 5. The summed E-state index contributed by atoms with van der Waals surface area (Å²) in [5, 5.41) is 19.5. The molecule has 2 aliphatic rings. The SMILES string of the molecule is N[C@H]1CC[C@@H](OC(=O)C(O)C(O)C(=O)O[C@@H]2CC[C@H](N)C2)C1. The van der Waals surface area contributed by atoms with Crippen LogP contribution in [0.5, 0.6) is 0 Å². The van der Waals surface area contributed by atoms with Gasteiger partial charge in [0.15, 0.2) is 12.2 Å². The van der Waals surface area contributed by atoms with E-state index in [1.54, 1.807) is 0 Å². The van der Waals surface area contributed by atoms with Crippen LogP contribution in [0.3, 0.4) is 0 Å². The monoisotopic (exact) mass is 316 g/mol. The Kier molecular flexibility index (Phi) is 5.74. The minimum Gasteiger partial charge on any atom is -0.460 e. The van der Waals surface area contributed by atoms with Gasteiger partial charge in [0, 0.05) is 12.1 Å². The Morgan fingerprint density at radius 2 is 1.18 bits per heavy atom. The third kappa shape index (κ3) is 4.39. The minimum atomic E-state index is -1.96. The molecule has 8 heteroatoms. The van der Waals surface area contributed by atoms with E-state index in [1.807, 2.05) is 0 Å². The van der Waals surface area contributed by atoms with Gasteiger partial charge < -0.3 is 31.2 Å². The maximum absolute atomic E-state index is 11.7. The summed E-state index contributed by atoms with van der Waals surface area (Å²) in [6.45, 7) is 0. The maximum Gasteiger partial charge on any atom is 0.338 e. The fourth-order valence-corrected chi connectivity index (χ4v) is 2.89. The Hall–Kier alpha value is -1.22. The Labute approximate surface area is 128 Å². The zero-order chi connectivity index (χ0) is 16.3. The average molecular weight is 316 g/mol. The van der Waals surface area contributed by atoms with Crippen LogP contribution in [0.4, 0.5) is 0 Å². The van der Waals surface area contributed by atoms with Crippen LogP contribution in [0.1, 0.15) is 38.5 Å². The summed E-state index contributed by atoms with van der Waals surface area (Å²) in [6.07, 6.45) is -0.959. The highest BCUT2D eigenvalue weighted by atomic mass is 16.6. The molecule has 2 aliphatic carbocycles. The molecule has 0 amide bonds. The van der Waals surface area contributed by atoms with Gasteiger partial charge in [0.05, 0.1) is 0 Å². The van der Waals surface area contributed by atoms with Gasteiger partial charge >= 0.3 is 11.9 Å². The summed E-state index contributed by atoms with van der Waals surface area (Å²) in [4.78, 5) is 23.5. The van der Waals surface area contributed by atoms with Crippen molar-refractivity contribution in [1.29, 1.82) is 0 Å². The molecule has 0 aliphatic heterocycles. The molecule has 0 spiro atoms. The van der Waals surface area contributed by atoms with Crippen LogP contribution in [0.2, 0.25) is 0 Å². The molecule has 2 unspecified atom stereocenters. The lowest BCUT2D eigenvalue weighted by Gasteiger charge is -2.20. The van der Waals surface area contributed by atoms with Crippen LogP contribution < -0.4 is 11.5 Å². The first-order chi connectivity index (χ1) is 10.4. The third-order valence-electron chi connectivity index (χ3n) is 4.20. The van der Waals surface area contributed by atoms with Crippen molar-refractivity contribution in [2.24, 2.45) is 11.5 Å². The van der Waals surface area contributed by atoms with E-state index in [0.29, 0.717) is 25.7 Å². The number of nitrogens with two attached hydrogens (primary N) is 2. The van der Waals surface area contributed by atoms with E-state index in [4.69, 9.17) is 20.9 Å². The molecule has 8 nitrogen and oxygen atoms in total. The Balaban J connectivity index is 1.78. The highest BCUT2D eigenvalue weighted by molar-refractivity contribution is 5.85. The molecule has 22 heavy (non-hydrogen) atoms. The standard InChI is InChI=1S/C14H24N2O6/c15-7-1-3-9(5-7)21-13(19)11(17)12(18)14(20)22-10-4-2-8(16)6-10/h7-12,17-18H,1-6,15-16H2/t7-,8-,9+,10+,11?,12?/m0/s1. The van der Waals surface area contributed by atoms with Gasteiger partial charge in [-0.1, -0.05) is 0 Å². The summed E-state index contributed by atoms with van der Waals surface area (Å²) >= 11 is 0. The summed E-state index contributed by atoms with van der Waals surface area (Å²) in [7, 11) is 0. The Bertz CT molecular complexity index is 380. The first kappa shape index (κ1) is 17.1. The van der Waals surface area contributed by atoms with E-state index in [0.717, 1.165) is 12.8 Å².